The van der Waals surface area contributed by atoms with E-state index in [1.54, 1.807) is 18.6 Å². The van der Waals surface area contributed by atoms with Crippen molar-refractivity contribution in [3.63, 3.8) is 0 Å². The van der Waals surface area contributed by atoms with Crippen molar-refractivity contribution in [3.05, 3.63) is 47.3 Å². The summed E-state index contributed by atoms with van der Waals surface area (Å²) in [6.45, 7) is 3.24. The fourth-order valence-electron chi connectivity index (χ4n) is 1.24. The highest BCUT2D eigenvalue weighted by molar-refractivity contribution is 7.10. The van der Waals surface area contributed by atoms with E-state index in [1.165, 1.54) is 11.3 Å². The van der Waals surface area contributed by atoms with Gasteiger partial charge in [-0.3, -0.25) is 9.97 Å². The number of hydrogen-bond donors (Lipinski definition) is 0. The highest BCUT2D eigenvalue weighted by Crippen LogP contribution is 2.24. The third kappa shape index (κ3) is 2.47. The van der Waals surface area contributed by atoms with Crippen LogP contribution < -0.4 is 0 Å². The molecule has 0 aromatic carbocycles. The maximum Gasteiger partial charge on any atom is 0.0980 e. The van der Waals surface area contributed by atoms with Crippen molar-refractivity contribution in [2.75, 3.05) is 0 Å². The second kappa shape index (κ2) is 4.31. The molecule has 0 saturated heterocycles. The van der Waals surface area contributed by atoms with Gasteiger partial charge >= 0.3 is 0 Å². The number of nitrogens with zero attached hydrogens (tertiary/aromatic N) is 2. The van der Waals surface area contributed by atoms with Crippen molar-refractivity contribution < 1.29 is 4.39 Å². The van der Waals surface area contributed by atoms with Crippen LogP contribution in [-0.2, 0) is 6.42 Å². The summed E-state index contributed by atoms with van der Waals surface area (Å²) in [5.41, 5.74) is 1.79. The summed E-state index contributed by atoms with van der Waals surface area (Å²) >= 11 is 1.50. The van der Waals surface area contributed by atoms with E-state index in [4.69, 9.17) is 0 Å². The van der Waals surface area contributed by atoms with E-state index in [-0.39, 0.29) is 12.2 Å². The van der Waals surface area contributed by atoms with Crippen molar-refractivity contribution in [1.29, 1.82) is 0 Å². The topological polar surface area (TPSA) is 25.8 Å². The first kappa shape index (κ1) is 9.98. The van der Waals surface area contributed by atoms with Crippen LogP contribution in [0.2, 0.25) is 0 Å². The largest absolute Gasteiger partial charge is 0.261 e. The zero-order chi connectivity index (χ0) is 10.7. The van der Waals surface area contributed by atoms with Gasteiger partial charge < -0.3 is 0 Å². The minimum absolute atomic E-state index is 0.283. The van der Waals surface area contributed by atoms with E-state index >= 15 is 0 Å². The summed E-state index contributed by atoms with van der Waals surface area (Å²) in [6.07, 6.45) is 5.24. The van der Waals surface area contributed by atoms with Crippen molar-refractivity contribution >= 4 is 11.3 Å². The Labute approximate surface area is 91.1 Å². The van der Waals surface area contributed by atoms with E-state index in [0.29, 0.717) is 0 Å². The summed E-state index contributed by atoms with van der Waals surface area (Å²) in [7, 11) is 0. The van der Waals surface area contributed by atoms with E-state index < -0.39 is 0 Å². The predicted octanol–water partition coefficient (Wildman–Crippen LogP) is 3.23. The Morgan fingerprint density at radius 3 is 3.00 bits per heavy atom. The van der Waals surface area contributed by atoms with E-state index in [1.807, 2.05) is 11.4 Å². The molecule has 0 unspecified atom stereocenters. The summed E-state index contributed by atoms with van der Waals surface area (Å²) in [5, 5.41) is 1.95. The van der Waals surface area contributed by atoms with Gasteiger partial charge in [0, 0.05) is 34.6 Å². The Kier molecular flexibility index (Phi) is 2.87. The Morgan fingerprint density at radius 1 is 1.47 bits per heavy atom. The molecular weight excluding hydrogens is 211 g/mol. The van der Waals surface area contributed by atoms with E-state index in [0.717, 1.165) is 16.1 Å². The van der Waals surface area contributed by atoms with Crippen LogP contribution in [0.25, 0.3) is 11.3 Å². The smallest absolute Gasteiger partial charge is 0.0980 e. The average Bonchev–Trinajstić information content (AvgIpc) is 2.67. The van der Waals surface area contributed by atoms with Gasteiger partial charge in [-0.1, -0.05) is 6.58 Å². The lowest BCUT2D eigenvalue weighted by molar-refractivity contribution is 0.619. The van der Waals surface area contributed by atoms with Gasteiger partial charge in [0.1, 0.15) is 0 Å². The fraction of sp³-hybridized carbons (Fsp3) is 0.0909. The number of hydrogen-bond acceptors (Lipinski definition) is 3. The minimum atomic E-state index is -0.317. The fourth-order valence-corrected chi connectivity index (χ4v) is 2.15. The highest BCUT2D eigenvalue weighted by atomic mass is 32.1. The van der Waals surface area contributed by atoms with Gasteiger partial charge in [0.2, 0.25) is 0 Å². The first-order valence-corrected chi connectivity index (χ1v) is 5.31. The molecule has 0 radical (unpaired) electrons. The van der Waals surface area contributed by atoms with Gasteiger partial charge in [0.15, 0.2) is 0 Å². The molecule has 0 bridgehead atoms. The summed E-state index contributed by atoms with van der Waals surface area (Å²) in [4.78, 5) is 9.10. The van der Waals surface area contributed by atoms with E-state index in [2.05, 4.69) is 16.5 Å². The quantitative estimate of drug-likeness (QED) is 0.793. The standard InChI is InChI=1S/C11H9FN2S/c1-8(12)4-10-5-9(7-15-10)11-6-13-2-3-14-11/h2-3,5-7H,1,4H2. The molecule has 76 valence electrons. The maximum atomic E-state index is 12.6. The number of aromatic nitrogens is 2. The molecule has 0 N–H and O–H groups in total. The summed E-state index contributed by atoms with van der Waals surface area (Å²) in [5.74, 6) is -0.317. The lowest BCUT2D eigenvalue weighted by Gasteiger charge is -1.93. The molecule has 0 aliphatic carbocycles. The number of allylic oxidation sites excluding steroid dienone is 1. The first-order chi connectivity index (χ1) is 7.25. The normalized spacial score (nSPS) is 10.2. The lowest BCUT2D eigenvalue weighted by atomic mass is 10.2. The van der Waals surface area contributed by atoms with Crippen LogP contribution in [-0.4, -0.2) is 9.97 Å². The minimum Gasteiger partial charge on any atom is -0.261 e. The molecule has 2 aromatic heterocycles. The third-order valence-electron chi connectivity index (χ3n) is 1.88. The van der Waals surface area contributed by atoms with E-state index in [9.17, 15) is 4.39 Å². The zero-order valence-corrected chi connectivity index (χ0v) is 8.80. The third-order valence-corrected chi connectivity index (χ3v) is 2.82. The molecule has 15 heavy (non-hydrogen) atoms. The van der Waals surface area contributed by atoms with Crippen molar-refractivity contribution in [1.82, 2.24) is 9.97 Å². The Hall–Kier alpha value is -1.55. The molecule has 0 fully saturated rings. The highest BCUT2D eigenvalue weighted by Gasteiger charge is 2.04. The Balaban J connectivity index is 2.24. The van der Waals surface area contributed by atoms with Gasteiger partial charge in [0.25, 0.3) is 0 Å². The van der Waals surface area contributed by atoms with Crippen LogP contribution in [0.1, 0.15) is 4.88 Å². The molecule has 2 heterocycles. The number of thiophene rings is 1. The van der Waals surface area contributed by atoms with Crippen LogP contribution in [0.4, 0.5) is 4.39 Å². The molecule has 2 aromatic rings. The van der Waals surface area contributed by atoms with Gasteiger partial charge in [0.05, 0.1) is 17.7 Å². The zero-order valence-electron chi connectivity index (χ0n) is 7.98. The summed E-state index contributed by atoms with van der Waals surface area (Å²) in [6, 6.07) is 1.92. The lowest BCUT2D eigenvalue weighted by Crippen LogP contribution is -1.81. The van der Waals surface area contributed by atoms with Crippen LogP contribution in [0.15, 0.2) is 42.4 Å². The molecular formula is C11H9FN2S. The summed E-state index contributed by atoms with van der Waals surface area (Å²) < 4.78 is 12.6. The van der Waals surface area contributed by atoms with Gasteiger partial charge in [-0.25, -0.2) is 4.39 Å². The first-order valence-electron chi connectivity index (χ1n) is 4.43. The van der Waals surface area contributed by atoms with Crippen LogP contribution in [0.3, 0.4) is 0 Å². The van der Waals surface area contributed by atoms with Gasteiger partial charge in [-0.15, -0.1) is 11.3 Å². The molecule has 0 aliphatic rings. The average molecular weight is 220 g/mol. The number of rotatable bonds is 3. The Morgan fingerprint density at radius 2 is 2.33 bits per heavy atom. The molecule has 4 heteroatoms. The molecule has 0 amide bonds. The molecule has 0 atom stereocenters. The Bertz CT molecular complexity index is 464. The SMILES string of the molecule is C=C(F)Cc1cc(-c2cnccn2)cs1. The molecule has 0 aliphatic heterocycles. The van der Waals surface area contributed by atoms with Crippen LogP contribution in [0, 0.1) is 0 Å². The molecule has 2 rings (SSSR count). The van der Waals surface area contributed by atoms with Crippen molar-refractivity contribution in [3.8, 4) is 11.3 Å². The molecule has 0 spiro atoms. The predicted molar refractivity (Wildman–Crippen MR) is 59.3 cm³/mol. The van der Waals surface area contributed by atoms with Crippen LogP contribution >= 0.6 is 11.3 Å². The molecule has 0 saturated carbocycles. The molecule has 2 nitrogen and oxygen atoms in total. The van der Waals surface area contributed by atoms with Crippen molar-refractivity contribution in [2.24, 2.45) is 0 Å². The second-order valence-corrected chi connectivity index (χ2v) is 4.08. The van der Waals surface area contributed by atoms with Gasteiger partial charge in [-0.05, 0) is 6.07 Å². The number of halogens is 1. The van der Waals surface area contributed by atoms with Gasteiger partial charge in [-0.2, -0.15) is 0 Å². The maximum absolute atomic E-state index is 12.6. The van der Waals surface area contributed by atoms with Crippen molar-refractivity contribution in [2.45, 2.75) is 6.42 Å². The second-order valence-electron chi connectivity index (χ2n) is 3.09. The monoisotopic (exact) mass is 220 g/mol. The van der Waals surface area contributed by atoms with Crippen LogP contribution in [0.5, 0.6) is 0 Å².